The Morgan fingerprint density at radius 2 is 1.81 bits per heavy atom. The highest BCUT2D eigenvalue weighted by Crippen LogP contribution is 2.32. The van der Waals surface area contributed by atoms with Gasteiger partial charge in [-0.05, 0) is 65.9 Å². The van der Waals surface area contributed by atoms with Crippen LogP contribution in [0.4, 0.5) is 4.39 Å². The minimum atomic E-state index is -0.262. The maximum absolute atomic E-state index is 13.6. The molecule has 2 aliphatic heterocycles. The number of fused-ring (bicyclic) bond motifs is 1. The van der Waals surface area contributed by atoms with Crippen LogP contribution in [0.5, 0.6) is 11.5 Å². The topological polar surface area (TPSA) is 62.8 Å². The highest BCUT2D eigenvalue weighted by molar-refractivity contribution is 6.30. The van der Waals surface area contributed by atoms with E-state index in [2.05, 4.69) is 15.5 Å². The molecular formula is C28H29ClFN3O3. The summed E-state index contributed by atoms with van der Waals surface area (Å²) in [7, 11) is 0. The molecule has 0 aromatic heterocycles. The first-order chi connectivity index (χ1) is 17.5. The van der Waals surface area contributed by atoms with Crippen molar-refractivity contribution in [2.45, 2.75) is 38.0 Å². The van der Waals surface area contributed by atoms with Crippen LogP contribution in [-0.4, -0.2) is 42.8 Å². The van der Waals surface area contributed by atoms with Crippen molar-refractivity contribution in [3.63, 3.8) is 0 Å². The van der Waals surface area contributed by atoms with Crippen LogP contribution in [0.2, 0.25) is 5.02 Å². The van der Waals surface area contributed by atoms with Crippen LogP contribution < -0.4 is 20.1 Å². The van der Waals surface area contributed by atoms with Crippen molar-refractivity contribution in [2.75, 3.05) is 19.9 Å². The molecule has 8 heteroatoms. The monoisotopic (exact) mass is 509 g/mol. The van der Waals surface area contributed by atoms with E-state index >= 15 is 0 Å². The molecule has 2 heterocycles. The highest BCUT2D eigenvalue weighted by Gasteiger charge is 2.36. The van der Waals surface area contributed by atoms with Crippen LogP contribution in [0.25, 0.3) is 0 Å². The summed E-state index contributed by atoms with van der Waals surface area (Å²) < 4.78 is 24.4. The van der Waals surface area contributed by atoms with E-state index in [-0.39, 0.29) is 30.6 Å². The van der Waals surface area contributed by atoms with Crippen molar-refractivity contribution >= 4 is 17.5 Å². The van der Waals surface area contributed by atoms with Gasteiger partial charge in [-0.15, -0.1) is 0 Å². The SMILES string of the molecule is O=C(NCCc1ccc2c(c1)OCO2)[C@@H]1C[C@H](NCc2cccc(F)c2)CN1Cc1ccc(Cl)cc1. The van der Waals surface area contributed by atoms with E-state index in [0.29, 0.717) is 37.5 Å². The van der Waals surface area contributed by atoms with E-state index < -0.39 is 0 Å². The zero-order valence-electron chi connectivity index (χ0n) is 19.9. The highest BCUT2D eigenvalue weighted by atomic mass is 35.5. The predicted molar refractivity (Wildman–Crippen MR) is 137 cm³/mol. The van der Waals surface area contributed by atoms with Gasteiger partial charge in [-0.25, -0.2) is 4.39 Å². The standard InChI is InChI=1S/C28H29ClFN3O3/c29-22-7-4-20(5-8-22)16-33-17-24(32-15-21-2-1-3-23(30)12-21)14-25(33)28(34)31-11-10-19-6-9-26-27(13-19)36-18-35-26/h1-9,12-13,24-25,32H,10-11,14-18H2,(H,31,34)/t24-,25-/m0/s1. The molecule has 36 heavy (non-hydrogen) atoms. The largest absolute Gasteiger partial charge is 0.454 e. The van der Waals surface area contributed by atoms with Crippen LogP contribution in [0, 0.1) is 5.82 Å². The summed E-state index contributed by atoms with van der Waals surface area (Å²) in [5, 5.41) is 7.31. The second-order valence-corrected chi connectivity index (χ2v) is 9.68. The van der Waals surface area contributed by atoms with Gasteiger partial charge in [0, 0.05) is 37.2 Å². The Morgan fingerprint density at radius 1 is 1.00 bits per heavy atom. The van der Waals surface area contributed by atoms with Crippen molar-refractivity contribution in [3.8, 4) is 11.5 Å². The Balaban J connectivity index is 1.20. The number of likely N-dealkylation sites (tertiary alicyclic amines) is 1. The van der Waals surface area contributed by atoms with Crippen molar-refractivity contribution in [1.82, 2.24) is 15.5 Å². The van der Waals surface area contributed by atoms with Crippen molar-refractivity contribution in [1.29, 1.82) is 0 Å². The average molecular weight is 510 g/mol. The molecule has 1 saturated heterocycles. The molecule has 0 saturated carbocycles. The Morgan fingerprint density at radius 3 is 2.64 bits per heavy atom. The lowest BCUT2D eigenvalue weighted by Gasteiger charge is -2.23. The number of nitrogens with one attached hydrogen (secondary N) is 2. The summed E-state index contributed by atoms with van der Waals surface area (Å²) in [6, 6.07) is 20.0. The number of halogens is 2. The van der Waals surface area contributed by atoms with Crippen molar-refractivity contribution < 1.29 is 18.7 Å². The molecular weight excluding hydrogens is 481 g/mol. The third kappa shape index (κ3) is 6.16. The number of rotatable bonds is 9. The summed E-state index contributed by atoms with van der Waals surface area (Å²) in [6.45, 7) is 2.70. The van der Waals surface area contributed by atoms with Crippen LogP contribution in [0.3, 0.4) is 0 Å². The lowest BCUT2D eigenvalue weighted by atomic mass is 10.1. The lowest BCUT2D eigenvalue weighted by molar-refractivity contribution is -0.125. The number of carbonyl (C=O) groups excluding carboxylic acids is 1. The first-order valence-corrected chi connectivity index (χ1v) is 12.5. The van der Waals surface area contributed by atoms with Crippen LogP contribution in [-0.2, 0) is 24.3 Å². The summed E-state index contributed by atoms with van der Waals surface area (Å²) in [5.41, 5.74) is 3.07. The number of benzene rings is 3. The molecule has 1 amide bonds. The average Bonchev–Trinajstić information content (AvgIpc) is 3.51. The zero-order valence-corrected chi connectivity index (χ0v) is 20.6. The molecule has 0 spiro atoms. The fourth-order valence-corrected chi connectivity index (χ4v) is 4.90. The van der Waals surface area contributed by atoms with E-state index in [0.717, 1.165) is 34.7 Å². The molecule has 2 N–H and O–H groups in total. The fourth-order valence-electron chi connectivity index (χ4n) is 4.78. The van der Waals surface area contributed by atoms with Crippen LogP contribution in [0.1, 0.15) is 23.1 Å². The molecule has 5 rings (SSSR count). The molecule has 3 aromatic carbocycles. The van der Waals surface area contributed by atoms with E-state index in [9.17, 15) is 9.18 Å². The molecule has 1 fully saturated rings. The van der Waals surface area contributed by atoms with Gasteiger partial charge in [-0.1, -0.05) is 41.9 Å². The number of carbonyl (C=O) groups is 1. The first kappa shape index (κ1) is 24.6. The molecule has 2 atom stereocenters. The van der Waals surface area contributed by atoms with Gasteiger partial charge in [0.2, 0.25) is 12.7 Å². The molecule has 188 valence electrons. The summed E-state index contributed by atoms with van der Waals surface area (Å²) in [6.07, 6.45) is 1.38. The molecule has 2 aliphatic rings. The van der Waals surface area contributed by atoms with Gasteiger partial charge < -0.3 is 20.1 Å². The van der Waals surface area contributed by atoms with Crippen molar-refractivity contribution in [2.24, 2.45) is 0 Å². The third-order valence-corrected chi connectivity index (χ3v) is 6.89. The number of nitrogens with zero attached hydrogens (tertiary/aromatic N) is 1. The minimum Gasteiger partial charge on any atom is -0.454 e. The summed E-state index contributed by atoms with van der Waals surface area (Å²) >= 11 is 6.05. The molecule has 0 aliphatic carbocycles. The molecule has 0 radical (unpaired) electrons. The quantitative estimate of drug-likeness (QED) is 0.450. The van der Waals surface area contributed by atoms with Crippen LogP contribution in [0.15, 0.2) is 66.7 Å². The Hall–Kier alpha value is -3.13. The Bertz CT molecular complexity index is 1210. The van der Waals surface area contributed by atoms with E-state index in [4.69, 9.17) is 21.1 Å². The molecule has 0 bridgehead atoms. The normalized spacial score (nSPS) is 18.9. The maximum Gasteiger partial charge on any atom is 0.237 e. The van der Waals surface area contributed by atoms with Gasteiger partial charge >= 0.3 is 0 Å². The number of hydrogen-bond acceptors (Lipinski definition) is 5. The molecule has 6 nitrogen and oxygen atoms in total. The van der Waals surface area contributed by atoms with E-state index in [1.54, 1.807) is 6.07 Å². The number of ether oxygens (including phenoxy) is 2. The zero-order chi connectivity index (χ0) is 24.9. The first-order valence-electron chi connectivity index (χ1n) is 12.2. The van der Waals surface area contributed by atoms with Gasteiger partial charge in [0.25, 0.3) is 0 Å². The second-order valence-electron chi connectivity index (χ2n) is 9.24. The van der Waals surface area contributed by atoms with E-state index in [1.807, 2.05) is 48.5 Å². The van der Waals surface area contributed by atoms with Gasteiger partial charge in [0.05, 0.1) is 6.04 Å². The number of amides is 1. The van der Waals surface area contributed by atoms with Gasteiger partial charge in [-0.2, -0.15) is 0 Å². The van der Waals surface area contributed by atoms with Crippen LogP contribution >= 0.6 is 11.6 Å². The maximum atomic E-state index is 13.6. The van der Waals surface area contributed by atoms with E-state index in [1.165, 1.54) is 12.1 Å². The van der Waals surface area contributed by atoms with Crippen molar-refractivity contribution in [3.05, 3.63) is 94.3 Å². The number of hydrogen-bond donors (Lipinski definition) is 2. The predicted octanol–water partition coefficient (Wildman–Crippen LogP) is 4.30. The minimum absolute atomic E-state index is 0.0137. The lowest BCUT2D eigenvalue weighted by Crippen LogP contribution is -2.43. The summed E-state index contributed by atoms with van der Waals surface area (Å²) in [4.78, 5) is 15.4. The molecule has 3 aromatic rings. The van der Waals surface area contributed by atoms with Gasteiger partial charge in [0.1, 0.15) is 5.82 Å². The summed E-state index contributed by atoms with van der Waals surface area (Å²) in [5.74, 6) is 1.27. The Kier molecular flexibility index (Phi) is 7.70. The van der Waals surface area contributed by atoms with Gasteiger partial charge in [0.15, 0.2) is 11.5 Å². The molecule has 0 unspecified atom stereocenters. The van der Waals surface area contributed by atoms with Gasteiger partial charge in [-0.3, -0.25) is 9.69 Å². The Labute approximate surface area is 215 Å². The fraction of sp³-hybridized carbons (Fsp3) is 0.321. The second kappa shape index (κ2) is 11.3. The smallest absolute Gasteiger partial charge is 0.237 e. The third-order valence-electron chi connectivity index (χ3n) is 6.64.